The molecule has 0 radical (unpaired) electrons. The molecule has 6 heteroatoms. The molecular formula is C23H29ClN2O3. The van der Waals surface area contributed by atoms with Gasteiger partial charge in [-0.2, -0.15) is 0 Å². The Balaban J connectivity index is 0.00000300. The van der Waals surface area contributed by atoms with E-state index in [1.165, 1.54) is 0 Å². The van der Waals surface area contributed by atoms with Crippen LogP contribution in [0.2, 0.25) is 0 Å². The van der Waals surface area contributed by atoms with Gasteiger partial charge in [-0.15, -0.1) is 12.4 Å². The van der Waals surface area contributed by atoms with Gasteiger partial charge >= 0.3 is 5.97 Å². The van der Waals surface area contributed by atoms with Crippen molar-refractivity contribution in [2.24, 2.45) is 0 Å². The second-order valence-corrected chi connectivity index (χ2v) is 7.00. The van der Waals surface area contributed by atoms with Crippen molar-refractivity contribution in [3.8, 4) is 16.9 Å². The fraction of sp³-hybridized carbons (Fsp3) is 0.348. The number of carbonyl (C=O) groups is 1. The average Bonchev–Trinajstić information content (AvgIpc) is 3.02. The van der Waals surface area contributed by atoms with Crippen molar-refractivity contribution in [2.45, 2.75) is 19.9 Å². The Hall–Kier alpha value is -2.50. The van der Waals surface area contributed by atoms with E-state index < -0.39 is 0 Å². The highest BCUT2D eigenvalue weighted by molar-refractivity contribution is 6.09. The summed E-state index contributed by atoms with van der Waals surface area (Å²) < 4.78 is 13.0. The molecule has 0 saturated heterocycles. The van der Waals surface area contributed by atoms with E-state index in [1.54, 1.807) is 7.11 Å². The van der Waals surface area contributed by atoms with Gasteiger partial charge in [0, 0.05) is 23.0 Å². The quantitative estimate of drug-likeness (QED) is 0.491. The molecule has 1 aromatic heterocycles. The van der Waals surface area contributed by atoms with E-state index in [1.807, 2.05) is 55.5 Å². The molecule has 5 nitrogen and oxygen atoms in total. The summed E-state index contributed by atoms with van der Waals surface area (Å²) in [6, 6.07) is 16.0. The third-order valence-corrected chi connectivity index (χ3v) is 4.79. The summed E-state index contributed by atoms with van der Waals surface area (Å²) in [6.07, 6.45) is 0.934. The van der Waals surface area contributed by atoms with Crippen LogP contribution in [0.15, 0.2) is 48.5 Å². The van der Waals surface area contributed by atoms with E-state index in [0.717, 1.165) is 47.3 Å². The number of methoxy groups -OCH3 is 1. The van der Waals surface area contributed by atoms with E-state index in [9.17, 15) is 4.79 Å². The van der Waals surface area contributed by atoms with E-state index in [0.29, 0.717) is 12.3 Å². The van der Waals surface area contributed by atoms with Crippen molar-refractivity contribution in [3.63, 3.8) is 0 Å². The molecule has 156 valence electrons. The molecule has 0 bridgehead atoms. The molecule has 0 fully saturated rings. The number of ether oxygens (including phenoxy) is 2. The lowest BCUT2D eigenvalue weighted by Crippen LogP contribution is -2.18. The van der Waals surface area contributed by atoms with Crippen LogP contribution in [0.5, 0.6) is 5.75 Å². The molecular weight excluding hydrogens is 388 g/mol. The first-order valence-electron chi connectivity index (χ1n) is 9.64. The Bertz CT molecular complexity index is 952. The topological polar surface area (TPSA) is 43.7 Å². The molecule has 0 saturated carbocycles. The van der Waals surface area contributed by atoms with Crippen molar-refractivity contribution in [3.05, 3.63) is 54.2 Å². The predicted molar refractivity (Wildman–Crippen MR) is 120 cm³/mol. The summed E-state index contributed by atoms with van der Waals surface area (Å²) in [5.41, 5.74) is 3.52. The molecule has 1 heterocycles. The van der Waals surface area contributed by atoms with Crippen LogP contribution in [0, 0.1) is 0 Å². The summed E-state index contributed by atoms with van der Waals surface area (Å²) >= 11 is 0. The van der Waals surface area contributed by atoms with E-state index in [4.69, 9.17) is 9.47 Å². The van der Waals surface area contributed by atoms with Gasteiger partial charge in [0.2, 0.25) is 0 Å². The van der Waals surface area contributed by atoms with Gasteiger partial charge in [-0.05, 0) is 57.7 Å². The van der Waals surface area contributed by atoms with Gasteiger partial charge in [-0.25, -0.2) is 4.79 Å². The Morgan fingerprint density at radius 1 is 1.10 bits per heavy atom. The number of halogens is 1. The number of hydrogen-bond acceptors (Lipinski definition) is 4. The minimum Gasteiger partial charge on any atom is -0.497 e. The van der Waals surface area contributed by atoms with Gasteiger partial charge in [-0.3, -0.25) is 0 Å². The van der Waals surface area contributed by atoms with Crippen molar-refractivity contribution < 1.29 is 14.3 Å². The molecule has 2 aromatic carbocycles. The van der Waals surface area contributed by atoms with Gasteiger partial charge < -0.3 is 18.9 Å². The lowest BCUT2D eigenvalue weighted by molar-refractivity contribution is 0.0515. The first kappa shape index (κ1) is 22.8. The second-order valence-electron chi connectivity index (χ2n) is 7.00. The van der Waals surface area contributed by atoms with Crippen molar-refractivity contribution in [1.29, 1.82) is 0 Å². The number of aryl methyl sites for hydroxylation is 1. The summed E-state index contributed by atoms with van der Waals surface area (Å²) in [5.74, 6) is 0.479. The minimum absolute atomic E-state index is 0. The van der Waals surface area contributed by atoms with Gasteiger partial charge in [0.15, 0.2) is 0 Å². The molecule has 0 aliphatic rings. The fourth-order valence-corrected chi connectivity index (χ4v) is 3.55. The van der Waals surface area contributed by atoms with E-state index in [-0.39, 0.29) is 18.4 Å². The maximum atomic E-state index is 13.0. The average molecular weight is 417 g/mol. The lowest BCUT2D eigenvalue weighted by Gasteiger charge is -2.14. The zero-order valence-corrected chi connectivity index (χ0v) is 18.3. The van der Waals surface area contributed by atoms with E-state index in [2.05, 4.69) is 23.6 Å². The molecule has 0 aliphatic carbocycles. The molecule has 0 spiro atoms. The number of benzene rings is 2. The monoisotopic (exact) mass is 416 g/mol. The maximum absolute atomic E-state index is 13.0. The zero-order chi connectivity index (χ0) is 20.1. The number of aromatic nitrogens is 1. The molecule has 0 amide bonds. The first-order chi connectivity index (χ1) is 13.6. The van der Waals surface area contributed by atoms with Crippen LogP contribution in [-0.4, -0.2) is 49.8 Å². The normalized spacial score (nSPS) is 10.8. The minimum atomic E-state index is -0.290. The smallest absolute Gasteiger partial charge is 0.355 e. The Labute approximate surface area is 178 Å². The van der Waals surface area contributed by atoms with Crippen LogP contribution in [0.3, 0.4) is 0 Å². The highest BCUT2D eigenvalue weighted by Gasteiger charge is 2.25. The van der Waals surface area contributed by atoms with Gasteiger partial charge in [0.1, 0.15) is 11.4 Å². The third-order valence-electron chi connectivity index (χ3n) is 4.79. The zero-order valence-electron chi connectivity index (χ0n) is 17.5. The molecule has 3 rings (SSSR count). The maximum Gasteiger partial charge on any atom is 0.355 e. The lowest BCUT2D eigenvalue weighted by atomic mass is 10.0. The standard InChI is InChI=1S/C23H28N2O3.ClH/c1-5-28-23(26)22-21(17-10-7-6-8-11-17)19-16-18(27-4)12-13-20(19)25(22)15-9-14-24(2)3;/h6-8,10-13,16H,5,9,14-15H2,1-4H3;1H. The fourth-order valence-electron chi connectivity index (χ4n) is 3.55. The summed E-state index contributed by atoms with van der Waals surface area (Å²) in [7, 11) is 5.77. The molecule has 0 atom stereocenters. The SMILES string of the molecule is CCOC(=O)c1c(-c2ccccc2)c2cc(OC)ccc2n1CCCN(C)C.Cl. The van der Waals surface area contributed by atoms with Crippen LogP contribution in [-0.2, 0) is 11.3 Å². The highest BCUT2D eigenvalue weighted by atomic mass is 35.5. The first-order valence-corrected chi connectivity index (χ1v) is 9.64. The molecule has 3 aromatic rings. The number of fused-ring (bicyclic) bond motifs is 1. The van der Waals surface area contributed by atoms with E-state index >= 15 is 0 Å². The van der Waals surface area contributed by atoms with Crippen molar-refractivity contribution in [1.82, 2.24) is 9.47 Å². The van der Waals surface area contributed by atoms with Gasteiger partial charge in [0.25, 0.3) is 0 Å². The summed E-state index contributed by atoms with van der Waals surface area (Å²) in [4.78, 5) is 15.1. The van der Waals surface area contributed by atoms with Gasteiger partial charge in [0.05, 0.1) is 13.7 Å². The second kappa shape index (κ2) is 10.3. The predicted octanol–water partition coefficient (Wildman–Crippen LogP) is 4.87. The number of esters is 1. The van der Waals surface area contributed by atoms with Crippen molar-refractivity contribution in [2.75, 3.05) is 34.4 Å². The molecule has 29 heavy (non-hydrogen) atoms. The number of hydrogen-bond donors (Lipinski definition) is 0. The third kappa shape index (κ3) is 4.92. The summed E-state index contributed by atoms with van der Waals surface area (Å²) in [6.45, 7) is 3.86. The van der Waals surface area contributed by atoms with Crippen molar-refractivity contribution >= 4 is 29.3 Å². The highest BCUT2D eigenvalue weighted by Crippen LogP contribution is 2.37. The number of rotatable bonds is 8. The Morgan fingerprint density at radius 3 is 2.45 bits per heavy atom. The van der Waals surface area contributed by atoms with Gasteiger partial charge in [-0.1, -0.05) is 30.3 Å². The Kier molecular flexibility index (Phi) is 8.11. The van der Waals surface area contributed by atoms with Crippen LogP contribution in [0.25, 0.3) is 22.0 Å². The van der Waals surface area contributed by atoms with Crippen LogP contribution in [0.1, 0.15) is 23.8 Å². The largest absolute Gasteiger partial charge is 0.497 e. The Morgan fingerprint density at radius 2 is 1.83 bits per heavy atom. The summed E-state index contributed by atoms with van der Waals surface area (Å²) in [5, 5.41) is 0.999. The number of nitrogens with zero attached hydrogens (tertiary/aromatic N) is 2. The van der Waals surface area contributed by atoms with Crippen LogP contribution in [0.4, 0.5) is 0 Å². The molecule has 0 N–H and O–H groups in total. The molecule has 0 unspecified atom stereocenters. The van der Waals surface area contributed by atoms with Crippen LogP contribution >= 0.6 is 12.4 Å². The number of carbonyl (C=O) groups excluding carboxylic acids is 1. The van der Waals surface area contributed by atoms with Crippen LogP contribution < -0.4 is 4.74 Å². The molecule has 0 aliphatic heterocycles.